The van der Waals surface area contributed by atoms with Crippen molar-refractivity contribution >= 4 is 23.4 Å². The van der Waals surface area contributed by atoms with Gasteiger partial charge >= 0.3 is 6.09 Å². The zero-order chi connectivity index (χ0) is 31.5. The number of imidazole rings is 2. The minimum atomic E-state index is -0.573. The number of aldehydes is 1. The van der Waals surface area contributed by atoms with Crippen LogP contribution in [0.15, 0.2) is 48.7 Å². The number of carbonyl (C=O) groups is 2. The normalized spacial score (nSPS) is 15.3. The summed E-state index contributed by atoms with van der Waals surface area (Å²) in [5, 5.41) is 2.39. The van der Waals surface area contributed by atoms with Crippen LogP contribution in [0.2, 0.25) is 0 Å². The molecule has 0 radical (unpaired) electrons. The lowest BCUT2D eigenvalue weighted by Gasteiger charge is -2.16. The topological polar surface area (TPSA) is 142 Å². The van der Waals surface area contributed by atoms with E-state index in [1.807, 2.05) is 32.2 Å². The van der Waals surface area contributed by atoms with E-state index in [4.69, 9.17) is 5.73 Å². The third-order valence-electron chi connectivity index (χ3n) is 7.71. The number of alkyl carbamates (subject to hydrolysis) is 1. The second kappa shape index (κ2) is 15.8. The standard InChI is InChI=1S/C27H30N6.C7H13NO3/c1-33-16-4-5-25(33)27-29-18-24(32-27)21-12-9-19(10-13-21)7-8-20-11-14-22-23(17-20)31-26(30-22)6-2-3-15-28;1-5(2)6(4-9)8-7(10)11-3/h9-14,17-18,25H,2-6,15-16,28H2,1H3,(H,29,32)(H,30,31);4-6H,1-3H3,(H,8,10). The number of amides is 1. The number of H-pyrrole nitrogens is 2. The number of hydrogen-bond donors (Lipinski definition) is 4. The van der Waals surface area contributed by atoms with Crippen molar-refractivity contribution in [1.82, 2.24) is 30.2 Å². The fraction of sp³-hybridized carbons (Fsp3) is 0.412. The Morgan fingerprint density at radius 2 is 1.91 bits per heavy atom. The summed E-state index contributed by atoms with van der Waals surface area (Å²) in [4.78, 5) is 39.5. The summed E-state index contributed by atoms with van der Waals surface area (Å²) in [7, 11) is 3.43. The number of rotatable bonds is 9. The second-order valence-electron chi connectivity index (χ2n) is 11.4. The molecule has 10 nitrogen and oxygen atoms in total. The van der Waals surface area contributed by atoms with Gasteiger partial charge in [-0.15, -0.1) is 0 Å². The van der Waals surface area contributed by atoms with Gasteiger partial charge in [0.1, 0.15) is 17.9 Å². The fourth-order valence-corrected chi connectivity index (χ4v) is 5.03. The monoisotopic (exact) mass is 597 g/mol. The number of hydrogen-bond acceptors (Lipinski definition) is 7. The SMILES string of the molecule is CN1CCCC1c1ncc(-c2ccc(C#Cc3ccc4nc(CCCCN)[nH]c4c3)cc2)[nH]1.COC(=O)NC(C=O)C(C)C. The Balaban J connectivity index is 0.000000345. The molecule has 2 unspecified atom stereocenters. The second-order valence-corrected chi connectivity index (χ2v) is 11.4. The van der Waals surface area contributed by atoms with Crippen LogP contribution in [0.1, 0.15) is 68.3 Å². The van der Waals surface area contributed by atoms with E-state index in [1.54, 1.807) is 0 Å². The maximum absolute atomic E-state index is 10.6. The molecule has 5 rings (SSSR count). The molecule has 1 saturated heterocycles. The number of aryl methyl sites for hydroxylation is 1. The van der Waals surface area contributed by atoms with Crippen molar-refractivity contribution < 1.29 is 14.3 Å². The summed E-state index contributed by atoms with van der Waals surface area (Å²) in [6, 6.07) is 14.4. The van der Waals surface area contributed by atoms with Gasteiger partial charge < -0.3 is 30.5 Å². The number of aromatic nitrogens is 4. The number of carbonyl (C=O) groups excluding carboxylic acids is 2. The lowest BCUT2D eigenvalue weighted by Crippen LogP contribution is -2.39. The van der Waals surface area contributed by atoms with E-state index in [1.165, 1.54) is 13.5 Å². The average Bonchev–Trinajstić information content (AvgIpc) is 3.78. The van der Waals surface area contributed by atoms with E-state index in [-0.39, 0.29) is 5.92 Å². The molecular formula is C34H43N7O3. The van der Waals surface area contributed by atoms with Gasteiger partial charge in [0.2, 0.25) is 0 Å². The van der Waals surface area contributed by atoms with Crippen molar-refractivity contribution in [3.8, 4) is 23.1 Å². The van der Waals surface area contributed by atoms with E-state index < -0.39 is 12.1 Å². The van der Waals surface area contributed by atoms with Crippen molar-refractivity contribution in [2.75, 3.05) is 27.2 Å². The van der Waals surface area contributed by atoms with Gasteiger partial charge in [0.15, 0.2) is 0 Å². The summed E-state index contributed by atoms with van der Waals surface area (Å²) in [6.07, 6.45) is 7.45. The van der Waals surface area contributed by atoms with Crippen LogP contribution in [0, 0.1) is 17.8 Å². The third-order valence-corrected chi connectivity index (χ3v) is 7.71. The van der Waals surface area contributed by atoms with Crippen molar-refractivity contribution in [1.29, 1.82) is 0 Å². The van der Waals surface area contributed by atoms with Crippen LogP contribution in [0.5, 0.6) is 0 Å². The smallest absolute Gasteiger partial charge is 0.407 e. The summed E-state index contributed by atoms with van der Waals surface area (Å²) in [5.74, 6) is 8.72. The number of likely N-dealkylation sites (tertiary alicyclic amines) is 1. The van der Waals surface area contributed by atoms with Crippen LogP contribution < -0.4 is 11.1 Å². The summed E-state index contributed by atoms with van der Waals surface area (Å²) < 4.78 is 4.32. The number of ether oxygens (including phenoxy) is 1. The van der Waals surface area contributed by atoms with E-state index in [0.717, 1.165) is 83.8 Å². The number of fused-ring (bicyclic) bond motifs is 1. The molecular weight excluding hydrogens is 554 g/mol. The molecule has 5 N–H and O–H groups in total. The molecule has 1 amide bonds. The molecule has 2 atom stereocenters. The van der Waals surface area contributed by atoms with Gasteiger partial charge in [-0.2, -0.15) is 0 Å². The largest absolute Gasteiger partial charge is 0.453 e. The Morgan fingerprint density at radius 1 is 1.16 bits per heavy atom. The number of methoxy groups -OCH3 is 1. The highest BCUT2D eigenvalue weighted by molar-refractivity contribution is 5.77. The molecule has 0 spiro atoms. The van der Waals surface area contributed by atoms with Crippen molar-refractivity contribution in [2.45, 2.75) is 58.0 Å². The van der Waals surface area contributed by atoms with Crippen molar-refractivity contribution in [3.05, 3.63) is 71.4 Å². The highest BCUT2D eigenvalue weighted by Gasteiger charge is 2.25. The van der Waals surface area contributed by atoms with Crippen LogP contribution in [-0.4, -0.2) is 70.5 Å². The van der Waals surface area contributed by atoms with Crippen LogP contribution in [0.25, 0.3) is 22.3 Å². The van der Waals surface area contributed by atoms with Gasteiger partial charge in [0.25, 0.3) is 0 Å². The Kier molecular flexibility index (Phi) is 11.7. The lowest BCUT2D eigenvalue weighted by atomic mass is 10.1. The first-order valence-electron chi connectivity index (χ1n) is 15.2. The Bertz CT molecular complexity index is 1580. The number of nitrogens with two attached hydrogens (primary N) is 1. The molecule has 4 aromatic rings. The van der Waals surface area contributed by atoms with Crippen LogP contribution in [0.4, 0.5) is 4.79 Å². The first-order chi connectivity index (χ1) is 21.3. The molecule has 232 valence electrons. The van der Waals surface area contributed by atoms with Crippen LogP contribution in [0.3, 0.4) is 0 Å². The number of benzene rings is 2. The van der Waals surface area contributed by atoms with Gasteiger partial charge in [-0.1, -0.05) is 37.8 Å². The fourth-order valence-electron chi connectivity index (χ4n) is 5.03. The number of unbranched alkanes of at least 4 members (excludes halogenated alkanes) is 1. The van der Waals surface area contributed by atoms with Gasteiger partial charge in [-0.3, -0.25) is 4.90 Å². The van der Waals surface area contributed by atoms with Gasteiger partial charge in [-0.25, -0.2) is 14.8 Å². The minimum Gasteiger partial charge on any atom is -0.453 e. The average molecular weight is 598 g/mol. The third kappa shape index (κ3) is 8.78. The number of nitrogens with zero attached hydrogens (tertiary/aromatic N) is 3. The molecule has 2 aromatic heterocycles. The highest BCUT2D eigenvalue weighted by atomic mass is 16.5. The molecule has 10 heteroatoms. The van der Waals surface area contributed by atoms with Crippen LogP contribution >= 0.6 is 0 Å². The Morgan fingerprint density at radius 3 is 2.57 bits per heavy atom. The summed E-state index contributed by atoms with van der Waals surface area (Å²) in [5.41, 5.74) is 11.7. The maximum Gasteiger partial charge on any atom is 0.407 e. The molecule has 0 saturated carbocycles. The first-order valence-corrected chi connectivity index (χ1v) is 15.2. The molecule has 0 bridgehead atoms. The maximum atomic E-state index is 10.6. The lowest BCUT2D eigenvalue weighted by molar-refractivity contribution is -0.110. The molecule has 1 fully saturated rings. The Labute approximate surface area is 259 Å². The van der Waals surface area contributed by atoms with E-state index in [2.05, 4.69) is 84.1 Å². The van der Waals surface area contributed by atoms with Crippen molar-refractivity contribution in [3.63, 3.8) is 0 Å². The van der Waals surface area contributed by atoms with Gasteiger partial charge in [0, 0.05) is 17.5 Å². The predicted molar refractivity (Wildman–Crippen MR) is 173 cm³/mol. The molecule has 1 aliphatic rings. The number of nitrogens with one attached hydrogen (secondary N) is 3. The van der Waals surface area contributed by atoms with E-state index in [9.17, 15) is 9.59 Å². The number of aromatic amines is 2. The van der Waals surface area contributed by atoms with Gasteiger partial charge in [-0.05, 0) is 87.6 Å². The zero-order valence-corrected chi connectivity index (χ0v) is 26.0. The molecule has 3 heterocycles. The van der Waals surface area contributed by atoms with Gasteiger partial charge in [0.05, 0.1) is 42.1 Å². The summed E-state index contributed by atoms with van der Waals surface area (Å²) in [6.45, 7) is 5.54. The molecule has 44 heavy (non-hydrogen) atoms. The van der Waals surface area contributed by atoms with E-state index >= 15 is 0 Å². The zero-order valence-electron chi connectivity index (χ0n) is 26.0. The first kappa shape index (κ1) is 32.5. The predicted octanol–water partition coefficient (Wildman–Crippen LogP) is 4.97. The Hall–Kier alpha value is -4.46. The van der Waals surface area contributed by atoms with E-state index in [0.29, 0.717) is 12.3 Å². The molecule has 0 aliphatic carbocycles. The minimum absolute atomic E-state index is 0.0894. The molecule has 2 aromatic carbocycles. The quantitative estimate of drug-likeness (QED) is 0.121. The summed E-state index contributed by atoms with van der Waals surface area (Å²) >= 11 is 0. The molecule has 1 aliphatic heterocycles. The van der Waals surface area contributed by atoms with Crippen molar-refractivity contribution in [2.24, 2.45) is 11.7 Å². The highest BCUT2D eigenvalue weighted by Crippen LogP contribution is 2.30. The van der Waals surface area contributed by atoms with Crippen LogP contribution in [-0.2, 0) is 16.0 Å².